The molecule has 0 aliphatic heterocycles. The lowest BCUT2D eigenvalue weighted by atomic mass is 10.1. The van der Waals surface area contributed by atoms with Crippen LogP contribution in [-0.4, -0.2) is 48.0 Å². The fraction of sp³-hybridized carbons (Fsp3) is 0.714. The summed E-state index contributed by atoms with van der Waals surface area (Å²) in [4.78, 5) is 1.80. The molecular weight excluding hydrogens is 130 g/mol. The maximum Gasteiger partial charge on any atom is 0.0960 e. The predicted octanol–water partition coefficient (Wildman–Crippen LogP) is -0.544. The first-order valence-corrected chi connectivity index (χ1v) is 3.21. The SMILES string of the molecule is C=C[C@@H]([C@@H](O)CO)N(C)C. The third-order valence-corrected chi connectivity index (χ3v) is 1.42. The van der Waals surface area contributed by atoms with Crippen molar-refractivity contribution < 1.29 is 10.2 Å². The summed E-state index contributed by atoms with van der Waals surface area (Å²) in [7, 11) is 3.65. The number of aliphatic hydroxyl groups excluding tert-OH is 2. The summed E-state index contributed by atoms with van der Waals surface area (Å²) in [5.41, 5.74) is 0. The Hall–Kier alpha value is -0.380. The van der Waals surface area contributed by atoms with E-state index in [1.54, 1.807) is 11.0 Å². The quantitative estimate of drug-likeness (QED) is 0.522. The van der Waals surface area contributed by atoms with Crippen molar-refractivity contribution in [2.75, 3.05) is 20.7 Å². The first kappa shape index (κ1) is 9.62. The van der Waals surface area contributed by atoms with Crippen LogP contribution in [0.15, 0.2) is 12.7 Å². The molecule has 60 valence electrons. The molecule has 0 aliphatic carbocycles. The van der Waals surface area contributed by atoms with E-state index in [9.17, 15) is 0 Å². The van der Waals surface area contributed by atoms with Crippen LogP contribution in [0.4, 0.5) is 0 Å². The number of nitrogens with zero attached hydrogens (tertiary/aromatic N) is 1. The minimum absolute atomic E-state index is 0.162. The molecule has 0 amide bonds. The van der Waals surface area contributed by atoms with Crippen LogP contribution in [0, 0.1) is 0 Å². The number of hydrogen-bond donors (Lipinski definition) is 2. The first-order valence-electron chi connectivity index (χ1n) is 3.21. The third-order valence-electron chi connectivity index (χ3n) is 1.42. The highest BCUT2D eigenvalue weighted by Gasteiger charge is 2.15. The Bertz CT molecular complexity index is 104. The van der Waals surface area contributed by atoms with Gasteiger partial charge in [0, 0.05) is 0 Å². The fourth-order valence-corrected chi connectivity index (χ4v) is 0.820. The standard InChI is InChI=1S/C7H15NO2/c1-4-6(8(2)3)7(10)5-9/h4,6-7,9-10H,1,5H2,2-3H3/t6-,7-/m0/s1. The summed E-state index contributed by atoms with van der Waals surface area (Å²) in [6, 6.07) is -0.162. The molecule has 2 atom stereocenters. The molecule has 0 heterocycles. The molecule has 10 heavy (non-hydrogen) atoms. The molecule has 2 N–H and O–H groups in total. The molecule has 0 unspecified atom stereocenters. The van der Waals surface area contributed by atoms with Gasteiger partial charge < -0.3 is 15.1 Å². The molecular formula is C7H15NO2. The smallest absolute Gasteiger partial charge is 0.0960 e. The Morgan fingerprint density at radius 3 is 2.20 bits per heavy atom. The van der Waals surface area contributed by atoms with Gasteiger partial charge in [-0.15, -0.1) is 6.58 Å². The van der Waals surface area contributed by atoms with Gasteiger partial charge in [-0.1, -0.05) is 6.08 Å². The Labute approximate surface area is 61.6 Å². The Morgan fingerprint density at radius 1 is 1.60 bits per heavy atom. The Morgan fingerprint density at radius 2 is 2.10 bits per heavy atom. The molecule has 0 radical (unpaired) electrons. The van der Waals surface area contributed by atoms with Gasteiger partial charge in [0.1, 0.15) is 0 Å². The second-order valence-electron chi connectivity index (χ2n) is 2.44. The van der Waals surface area contributed by atoms with Crippen LogP contribution in [0.25, 0.3) is 0 Å². The van der Waals surface area contributed by atoms with Gasteiger partial charge in [-0.05, 0) is 14.1 Å². The van der Waals surface area contributed by atoms with Crippen molar-refractivity contribution in [2.24, 2.45) is 0 Å². The van der Waals surface area contributed by atoms with Crippen LogP contribution in [0.1, 0.15) is 0 Å². The fourth-order valence-electron chi connectivity index (χ4n) is 0.820. The number of rotatable bonds is 4. The molecule has 0 fully saturated rings. The first-order chi connectivity index (χ1) is 4.63. The third kappa shape index (κ3) is 2.47. The van der Waals surface area contributed by atoms with E-state index in [1.165, 1.54) is 0 Å². The molecule has 0 aromatic heterocycles. The molecule has 0 spiro atoms. The molecule has 0 rings (SSSR count). The molecule has 3 nitrogen and oxygen atoms in total. The lowest BCUT2D eigenvalue weighted by Gasteiger charge is -2.24. The predicted molar refractivity (Wildman–Crippen MR) is 40.8 cm³/mol. The van der Waals surface area contributed by atoms with E-state index in [4.69, 9.17) is 10.2 Å². The molecule has 0 bridgehead atoms. The molecule has 3 heteroatoms. The molecule has 0 saturated heterocycles. The lowest BCUT2D eigenvalue weighted by Crippen LogP contribution is -2.39. The second kappa shape index (κ2) is 4.44. The van der Waals surface area contributed by atoms with Gasteiger partial charge in [-0.2, -0.15) is 0 Å². The summed E-state index contributed by atoms with van der Waals surface area (Å²) in [6.07, 6.45) is 0.883. The summed E-state index contributed by atoms with van der Waals surface area (Å²) in [5, 5.41) is 17.7. The van der Waals surface area contributed by atoms with E-state index in [1.807, 2.05) is 14.1 Å². The van der Waals surface area contributed by atoms with Crippen LogP contribution in [0.5, 0.6) is 0 Å². The van der Waals surface area contributed by atoms with E-state index in [-0.39, 0.29) is 12.6 Å². The van der Waals surface area contributed by atoms with Gasteiger partial charge in [-0.25, -0.2) is 0 Å². The van der Waals surface area contributed by atoms with Crippen molar-refractivity contribution in [1.82, 2.24) is 4.90 Å². The molecule has 0 saturated carbocycles. The highest BCUT2D eigenvalue weighted by atomic mass is 16.3. The zero-order valence-corrected chi connectivity index (χ0v) is 6.49. The second-order valence-corrected chi connectivity index (χ2v) is 2.44. The van der Waals surface area contributed by atoms with Crippen molar-refractivity contribution in [3.05, 3.63) is 12.7 Å². The number of aliphatic hydroxyl groups is 2. The van der Waals surface area contributed by atoms with E-state index >= 15 is 0 Å². The monoisotopic (exact) mass is 145 g/mol. The summed E-state index contributed by atoms with van der Waals surface area (Å²) in [5.74, 6) is 0. The van der Waals surface area contributed by atoms with Gasteiger partial charge >= 0.3 is 0 Å². The highest BCUT2D eigenvalue weighted by molar-refractivity contribution is 4.90. The summed E-state index contributed by atoms with van der Waals surface area (Å²) in [6.45, 7) is 3.31. The average molecular weight is 145 g/mol. The van der Waals surface area contributed by atoms with E-state index < -0.39 is 6.10 Å². The van der Waals surface area contributed by atoms with Crippen LogP contribution < -0.4 is 0 Å². The van der Waals surface area contributed by atoms with Crippen LogP contribution in [-0.2, 0) is 0 Å². The van der Waals surface area contributed by atoms with Gasteiger partial charge in [-0.3, -0.25) is 0 Å². The van der Waals surface area contributed by atoms with Crippen molar-refractivity contribution in [3.8, 4) is 0 Å². The topological polar surface area (TPSA) is 43.7 Å². The van der Waals surface area contributed by atoms with Crippen LogP contribution >= 0.6 is 0 Å². The molecule has 0 aromatic rings. The Balaban J connectivity index is 3.92. The van der Waals surface area contributed by atoms with Gasteiger partial charge in [0.2, 0.25) is 0 Å². The van der Waals surface area contributed by atoms with E-state index in [0.29, 0.717) is 0 Å². The van der Waals surface area contributed by atoms with Gasteiger partial charge in [0.05, 0.1) is 18.8 Å². The van der Waals surface area contributed by atoms with Gasteiger partial charge in [0.15, 0.2) is 0 Å². The van der Waals surface area contributed by atoms with Crippen LogP contribution in [0.2, 0.25) is 0 Å². The maximum absolute atomic E-state index is 9.13. The van der Waals surface area contributed by atoms with Crippen LogP contribution in [0.3, 0.4) is 0 Å². The normalized spacial score (nSPS) is 16.9. The van der Waals surface area contributed by atoms with Crippen molar-refractivity contribution >= 4 is 0 Å². The molecule has 0 aliphatic rings. The summed E-state index contributed by atoms with van der Waals surface area (Å²) >= 11 is 0. The van der Waals surface area contributed by atoms with E-state index in [0.717, 1.165) is 0 Å². The van der Waals surface area contributed by atoms with E-state index in [2.05, 4.69) is 6.58 Å². The summed E-state index contributed by atoms with van der Waals surface area (Å²) < 4.78 is 0. The Kier molecular flexibility index (Phi) is 4.27. The lowest BCUT2D eigenvalue weighted by molar-refractivity contribution is 0.0465. The number of likely N-dealkylation sites (N-methyl/N-ethyl adjacent to an activating group) is 1. The van der Waals surface area contributed by atoms with Crippen molar-refractivity contribution in [3.63, 3.8) is 0 Å². The number of hydrogen-bond acceptors (Lipinski definition) is 3. The van der Waals surface area contributed by atoms with Crippen molar-refractivity contribution in [2.45, 2.75) is 12.1 Å². The highest BCUT2D eigenvalue weighted by Crippen LogP contribution is 2.00. The zero-order valence-electron chi connectivity index (χ0n) is 6.49. The average Bonchev–Trinajstić information content (AvgIpc) is 1.88. The minimum atomic E-state index is -0.729. The van der Waals surface area contributed by atoms with Gasteiger partial charge in [0.25, 0.3) is 0 Å². The largest absolute Gasteiger partial charge is 0.394 e. The zero-order chi connectivity index (χ0) is 8.15. The minimum Gasteiger partial charge on any atom is -0.394 e. The maximum atomic E-state index is 9.13. The van der Waals surface area contributed by atoms with Crippen molar-refractivity contribution in [1.29, 1.82) is 0 Å². The molecule has 0 aromatic carbocycles.